The molecule has 5 heteroatoms. The standard InChI is InChI=1S/C15H21BrFN3/c16-13-2-1-12(15(17)9-13)10-19-6-3-14(11-19)20-7-4-18-5-8-20/h1-2,9,14,18H,3-8,10-11H2. The van der Waals surface area contributed by atoms with Crippen LogP contribution in [0.4, 0.5) is 4.39 Å². The Morgan fingerprint density at radius 2 is 2.05 bits per heavy atom. The number of nitrogens with zero attached hydrogens (tertiary/aromatic N) is 2. The monoisotopic (exact) mass is 341 g/mol. The van der Waals surface area contributed by atoms with Crippen LogP contribution in [0.2, 0.25) is 0 Å². The van der Waals surface area contributed by atoms with E-state index in [0.717, 1.165) is 55.8 Å². The number of benzene rings is 1. The fraction of sp³-hybridized carbons (Fsp3) is 0.600. The summed E-state index contributed by atoms with van der Waals surface area (Å²) < 4.78 is 14.7. The minimum atomic E-state index is -0.106. The minimum Gasteiger partial charge on any atom is -0.314 e. The number of likely N-dealkylation sites (tertiary alicyclic amines) is 1. The highest BCUT2D eigenvalue weighted by atomic mass is 79.9. The van der Waals surface area contributed by atoms with Crippen molar-refractivity contribution in [1.82, 2.24) is 15.1 Å². The lowest BCUT2D eigenvalue weighted by molar-refractivity contribution is 0.170. The number of hydrogen-bond acceptors (Lipinski definition) is 3. The summed E-state index contributed by atoms with van der Waals surface area (Å²) in [5.74, 6) is -0.106. The summed E-state index contributed by atoms with van der Waals surface area (Å²) in [6.45, 7) is 7.34. The zero-order chi connectivity index (χ0) is 13.9. The number of rotatable bonds is 3. The molecule has 2 saturated heterocycles. The number of hydrogen-bond donors (Lipinski definition) is 1. The Bertz CT molecular complexity index is 462. The summed E-state index contributed by atoms with van der Waals surface area (Å²) in [6.07, 6.45) is 1.21. The van der Waals surface area contributed by atoms with Gasteiger partial charge >= 0.3 is 0 Å². The van der Waals surface area contributed by atoms with Gasteiger partial charge in [0.2, 0.25) is 0 Å². The van der Waals surface area contributed by atoms with Crippen molar-refractivity contribution in [3.05, 3.63) is 34.1 Å². The molecule has 3 nitrogen and oxygen atoms in total. The van der Waals surface area contributed by atoms with Crippen molar-refractivity contribution in [3.8, 4) is 0 Å². The molecule has 0 radical (unpaired) electrons. The van der Waals surface area contributed by atoms with Crippen molar-refractivity contribution < 1.29 is 4.39 Å². The van der Waals surface area contributed by atoms with Gasteiger partial charge in [0.25, 0.3) is 0 Å². The topological polar surface area (TPSA) is 18.5 Å². The second-order valence-corrected chi connectivity index (χ2v) is 6.61. The second-order valence-electron chi connectivity index (χ2n) is 5.70. The molecule has 0 amide bonds. The van der Waals surface area contributed by atoms with Gasteiger partial charge in [-0.25, -0.2) is 4.39 Å². The number of halogens is 2. The van der Waals surface area contributed by atoms with Gasteiger partial charge in [0, 0.05) is 61.9 Å². The molecule has 2 aliphatic heterocycles. The molecule has 0 saturated carbocycles. The van der Waals surface area contributed by atoms with Crippen LogP contribution >= 0.6 is 15.9 Å². The van der Waals surface area contributed by atoms with E-state index in [1.807, 2.05) is 12.1 Å². The Hall–Kier alpha value is -0.490. The summed E-state index contributed by atoms with van der Waals surface area (Å²) in [6, 6.07) is 6.01. The summed E-state index contributed by atoms with van der Waals surface area (Å²) in [4.78, 5) is 4.95. The van der Waals surface area contributed by atoms with Gasteiger partial charge in [-0.2, -0.15) is 0 Å². The molecular weight excluding hydrogens is 321 g/mol. The summed E-state index contributed by atoms with van der Waals surface area (Å²) in [5, 5.41) is 3.39. The molecule has 110 valence electrons. The van der Waals surface area contributed by atoms with Crippen LogP contribution in [-0.2, 0) is 6.54 Å². The van der Waals surface area contributed by atoms with Gasteiger partial charge in [-0.15, -0.1) is 0 Å². The summed E-state index contributed by atoms with van der Waals surface area (Å²) >= 11 is 3.30. The van der Waals surface area contributed by atoms with Gasteiger partial charge in [0.15, 0.2) is 0 Å². The molecule has 1 unspecified atom stereocenters. The first-order valence-corrected chi connectivity index (χ1v) is 8.13. The van der Waals surface area contributed by atoms with Crippen LogP contribution in [0, 0.1) is 5.82 Å². The van der Waals surface area contributed by atoms with Gasteiger partial charge < -0.3 is 5.32 Å². The van der Waals surface area contributed by atoms with E-state index >= 15 is 0 Å². The largest absolute Gasteiger partial charge is 0.314 e. The molecule has 0 bridgehead atoms. The first-order valence-electron chi connectivity index (χ1n) is 7.33. The average molecular weight is 342 g/mol. The van der Waals surface area contributed by atoms with Crippen molar-refractivity contribution in [2.75, 3.05) is 39.3 Å². The molecule has 0 spiro atoms. The molecule has 3 rings (SSSR count). The van der Waals surface area contributed by atoms with Crippen LogP contribution in [0.1, 0.15) is 12.0 Å². The Kier molecular flexibility index (Phi) is 4.71. The predicted molar refractivity (Wildman–Crippen MR) is 82.2 cm³/mol. The Morgan fingerprint density at radius 1 is 1.25 bits per heavy atom. The first kappa shape index (κ1) is 14.4. The molecule has 2 heterocycles. The molecule has 1 aromatic rings. The van der Waals surface area contributed by atoms with E-state index in [4.69, 9.17) is 0 Å². The van der Waals surface area contributed by atoms with Crippen molar-refractivity contribution in [3.63, 3.8) is 0 Å². The lowest BCUT2D eigenvalue weighted by atomic mass is 10.2. The quantitative estimate of drug-likeness (QED) is 0.907. The lowest BCUT2D eigenvalue weighted by Gasteiger charge is -2.32. The average Bonchev–Trinajstić information content (AvgIpc) is 2.92. The van der Waals surface area contributed by atoms with E-state index < -0.39 is 0 Å². The maximum Gasteiger partial charge on any atom is 0.128 e. The smallest absolute Gasteiger partial charge is 0.128 e. The number of nitrogens with one attached hydrogen (secondary N) is 1. The zero-order valence-electron chi connectivity index (χ0n) is 11.6. The second kappa shape index (κ2) is 6.52. The van der Waals surface area contributed by atoms with Crippen LogP contribution < -0.4 is 5.32 Å². The van der Waals surface area contributed by atoms with E-state index in [-0.39, 0.29) is 5.82 Å². The molecule has 2 fully saturated rings. The van der Waals surface area contributed by atoms with E-state index in [2.05, 4.69) is 31.0 Å². The van der Waals surface area contributed by atoms with Crippen LogP contribution in [0.25, 0.3) is 0 Å². The highest BCUT2D eigenvalue weighted by molar-refractivity contribution is 9.10. The van der Waals surface area contributed by atoms with E-state index in [0.29, 0.717) is 6.04 Å². The zero-order valence-corrected chi connectivity index (χ0v) is 13.2. The third-order valence-electron chi connectivity index (χ3n) is 4.32. The van der Waals surface area contributed by atoms with E-state index in [1.165, 1.54) is 6.42 Å². The van der Waals surface area contributed by atoms with Crippen molar-refractivity contribution in [2.45, 2.75) is 19.0 Å². The van der Waals surface area contributed by atoms with Gasteiger partial charge in [-0.1, -0.05) is 22.0 Å². The highest BCUT2D eigenvalue weighted by Gasteiger charge is 2.28. The molecule has 2 aliphatic rings. The molecule has 1 aromatic carbocycles. The molecule has 1 N–H and O–H groups in total. The molecule has 0 aromatic heterocycles. The highest BCUT2D eigenvalue weighted by Crippen LogP contribution is 2.21. The SMILES string of the molecule is Fc1cc(Br)ccc1CN1CCC(N2CCNCC2)C1. The Morgan fingerprint density at radius 3 is 2.80 bits per heavy atom. The van der Waals surface area contributed by atoms with Crippen LogP contribution in [0.5, 0.6) is 0 Å². The Labute approximate surface area is 128 Å². The van der Waals surface area contributed by atoms with Crippen LogP contribution in [-0.4, -0.2) is 55.1 Å². The number of piperazine rings is 1. The normalized spacial score (nSPS) is 25.2. The molecule has 1 atom stereocenters. The van der Waals surface area contributed by atoms with Crippen LogP contribution in [0.3, 0.4) is 0 Å². The third-order valence-corrected chi connectivity index (χ3v) is 4.82. The predicted octanol–water partition coefficient (Wildman–Crippen LogP) is 2.07. The van der Waals surface area contributed by atoms with Crippen LogP contribution in [0.15, 0.2) is 22.7 Å². The third kappa shape index (κ3) is 3.39. The fourth-order valence-corrected chi connectivity index (χ4v) is 3.53. The van der Waals surface area contributed by atoms with Crippen molar-refractivity contribution in [1.29, 1.82) is 0 Å². The van der Waals surface area contributed by atoms with E-state index in [9.17, 15) is 4.39 Å². The first-order chi connectivity index (χ1) is 9.72. The van der Waals surface area contributed by atoms with E-state index in [1.54, 1.807) is 6.07 Å². The van der Waals surface area contributed by atoms with Gasteiger partial charge in [0.1, 0.15) is 5.82 Å². The van der Waals surface area contributed by atoms with Gasteiger partial charge in [-0.3, -0.25) is 9.80 Å². The van der Waals surface area contributed by atoms with Gasteiger partial charge in [-0.05, 0) is 18.6 Å². The Balaban J connectivity index is 1.57. The van der Waals surface area contributed by atoms with Crippen molar-refractivity contribution in [2.24, 2.45) is 0 Å². The lowest BCUT2D eigenvalue weighted by Crippen LogP contribution is -2.49. The maximum atomic E-state index is 13.9. The molecular formula is C15H21BrFN3. The van der Waals surface area contributed by atoms with Crippen molar-refractivity contribution >= 4 is 15.9 Å². The summed E-state index contributed by atoms with van der Waals surface area (Å²) in [5.41, 5.74) is 0.800. The summed E-state index contributed by atoms with van der Waals surface area (Å²) in [7, 11) is 0. The minimum absolute atomic E-state index is 0.106. The maximum absolute atomic E-state index is 13.9. The van der Waals surface area contributed by atoms with Gasteiger partial charge in [0.05, 0.1) is 0 Å². The molecule has 0 aliphatic carbocycles. The fourth-order valence-electron chi connectivity index (χ4n) is 3.19. The molecule has 20 heavy (non-hydrogen) atoms.